The zero-order valence-corrected chi connectivity index (χ0v) is 16.8. The molecule has 6 nitrogen and oxygen atoms in total. The quantitative estimate of drug-likeness (QED) is 0.839. The second-order valence-electron chi connectivity index (χ2n) is 7.58. The van der Waals surface area contributed by atoms with Gasteiger partial charge in [0.15, 0.2) is 9.84 Å². The number of carbonyl (C=O) groups excluding carboxylic acids is 1. The van der Waals surface area contributed by atoms with Crippen LogP contribution in [0.4, 0.5) is 0 Å². The smallest absolute Gasteiger partial charge is 0.271 e. The average molecular weight is 378 g/mol. The first kappa shape index (κ1) is 20.2. The number of aromatic nitrogens is 2. The van der Waals surface area contributed by atoms with Gasteiger partial charge < -0.3 is 5.32 Å². The first-order chi connectivity index (χ1) is 12.0. The molecule has 1 aromatic carbocycles. The number of hydrogen-bond acceptors (Lipinski definition) is 4. The SMILES string of the molecule is CC(C)c1cc(C(=O)NCCS(=O)(=O)c2ccccc2)nn1C(C)(C)C. The van der Waals surface area contributed by atoms with Crippen LogP contribution in [0.5, 0.6) is 0 Å². The van der Waals surface area contributed by atoms with Gasteiger partial charge in [-0.3, -0.25) is 9.48 Å². The van der Waals surface area contributed by atoms with Crippen LogP contribution in [0.3, 0.4) is 0 Å². The van der Waals surface area contributed by atoms with E-state index >= 15 is 0 Å². The molecule has 2 aromatic rings. The standard InChI is InChI=1S/C19H27N3O3S/c1-14(2)17-13-16(21-22(17)19(3,4)5)18(23)20-11-12-26(24,25)15-9-7-6-8-10-15/h6-10,13-14H,11-12H2,1-5H3,(H,20,23). The summed E-state index contributed by atoms with van der Waals surface area (Å²) < 4.78 is 26.4. The average Bonchev–Trinajstić information content (AvgIpc) is 3.01. The van der Waals surface area contributed by atoms with E-state index in [1.807, 2.05) is 39.3 Å². The van der Waals surface area contributed by atoms with Crippen molar-refractivity contribution in [1.29, 1.82) is 0 Å². The summed E-state index contributed by atoms with van der Waals surface area (Å²) in [4.78, 5) is 12.7. The molecule has 1 N–H and O–H groups in total. The molecule has 0 atom stereocenters. The molecule has 7 heteroatoms. The number of carbonyl (C=O) groups is 1. The summed E-state index contributed by atoms with van der Waals surface area (Å²) >= 11 is 0. The minimum atomic E-state index is -3.42. The second kappa shape index (κ2) is 7.61. The maximum atomic E-state index is 12.4. The van der Waals surface area contributed by atoms with Crippen molar-refractivity contribution in [3.05, 3.63) is 47.8 Å². The topological polar surface area (TPSA) is 81.1 Å². The molecule has 1 amide bonds. The molecule has 1 heterocycles. The first-order valence-electron chi connectivity index (χ1n) is 8.69. The van der Waals surface area contributed by atoms with Crippen LogP contribution in [0.15, 0.2) is 41.3 Å². The Balaban J connectivity index is 2.07. The van der Waals surface area contributed by atoms with Gasteiger partial charge in [-0.25, -0.2) is 8.42 Å². The molecule has 0 radical (unpaired) electrons. The van der Waals surface area contributed by atoms with Crippen molar-refractivity contribution >= 4 is 15.7 Å². The Bertz CT molecular complexity index is 863. The Morgan fingerprint density at radius 3 is 2.31 bits per heavy atom. The molecular weight excluding hydrogens is 350 g/mol. The maximum Gasteiger partial charge on any atom is 0.271 e. The van der Waals surface area contributed by atoms with Crippen LogP contribution in [-0.2, 0) is 15.4 Å². The van der Waals surface area contributed by atoms with Crippen molar-refractivity contribution in [2.24, 2.45) is 0 Å². The molecule has 0 aliphatic rings. The Hall–Kier alpha value is -2.15. The normalized spacial score (nSPS) is 12.4. The third-order valence-electron chi connectivity index (χ3n) is 3.96. The number of nitrogens with one attached hydrogen (secondary N) is 1. The van der Waals surface area contributed by atoms with Crippen molar-refractivity contribution < 1.29 is 13.2 Å². The summed E-state index contributed by atoms with van der Waals surface area (Å²) in [6, 6.07) is 10.00. The number of rotatable bonds is 6. The summed E-state index contributed by atoms with van der Waals surface area (Å²) in [6.45, 7) is 10.2. The zero-order chi connectivity index (χ0) is 19.5. The summed E-state index contributed by atoms with van der Waals surface area (Å²) in [7, 11) is -3.42. The van der Waals surface area contributed by atoms with Crippen LogP contribution in [0.2, 0.25) is 0 Å². The molecule has 1 aromatic heterocycles. The highest BCUT2D eigenvalue weighted by Gasteiger charge is 2.23. The lowest BCUT2D eigenvalue weighted by Crippen LogP contribution is -2.30. The van der Waals surface area contributed by atoms with E-state index in [-0.39, 0.29) is 34.6 Å². The van der Waals surface area contributed by atoms with E-state index in [1.165, 1.54) is 0 Å². The van der Waals surface area contributed by atoms with Crippen molar-refractivity contribution in [2.75, 3.05) is 12.3 Å². The molecule has 0 bridgehead atoms. The van der Waals surface area contributed by atoms with Crippen LogP contribution in [0, 0.1) is 0 Å². The fourth-order valence-electron chi connectivity index (χ4n) is 2.59. The van der Waals surface area contributed by atoms with Crippen LogP contribution < -0.4 is 5.32 Å². The highest BCUT2D eigenvalue weighted by molar-refractivity contribution is 7.91. The number of nitrogens with zero attached hydrogens (tertiary/aromatic N) is 2. The molecule has 2 rings (SSSR count). The predicted molar refractivity (Wildman–Crippen MR) is 102 cm³/mol. The van der Waals surface area contributed by atoms with E-state index in [0.717, 1.165) is 5.69 Å². The Morgan fingerprint density at radius 2 is 1.81 bits per heavy atom. The molecule has 0 unspecified atom stereocenters. The van der Waals surface area contributed by atoms with E-state index in [0.29, 0.717) is 5.69 Å². The molecule has 26 heavy (non-hydrogen) atoms. The third-order valence-corrected chi connectivity index (χ3v) is 5.69. The molecule has 0 saturated heterocycles. The minimum absolute atomic E-state index is 0.0372. The molecule has 0 aliphatic carbocycles. The van der Waals surface area contributed by atoms with E-state index in [2.05, 4.69) is 10.4 Å². The summed E-state index contributed by atoms with van der Waals surface area (Å²) in [5.41, 5.74) is 1.04. The van der Waals surface area contributed by atoms with Crippen LogP contribution >= 0.6 is 0 Å². The lowest BCUT2D eigenvalue weighted by Gasteiger charge is -2.23. The van der Waals surface area contributed by atoms with Crippen molar-refractivity contribution in [3.8, 4) is 0 Å². The third kappa shape index (κ3) is 4.72. The van der Waals surface area contributed by atoms with Gasteiger partial charge in [0.05, 0.1) is 16.2 Å². The highest BCUT2D eigenvalue weighted by atomic mass is 32.2. The number of amides is 1. The number of hydrogen-bond donors (Lipinski definition) is 1. The Labute approximate surface area is 155 Å². The highest BCUT2D eigenvalue weighted by Crippen LogP contribution is 2.23. The van der Waals surface area contributed by atoms with Crippen LogP contribution in [0.1, 0.15) is 56.7 Å². The monoisotopic (exact) mass is 377 g/mol. The zero-order valence-electron chi connectivity index (χ0n) is 16.0. The summed E-state index contributed by atoms with van der Waals surface area (Å²) in [5.74, 6) is -0.292. The Morgan fingerprint density at radius 1 is 1.19 bits per heavy atom. The van der Waals surface area contributed by atoms with Gasteiger partial charge in [-0.1, -0.05) is 32.0 Å². The van der Waals surface area contributed by atoms with Gasteiger partial charge in [-0.15, -0.1) is 0 Å². The number of benzene rings is 1. The van der Waals surface area contributed by atoms with Crippen LogP contribution in [0.25, 0.3) is 0 Å². The van der Waals surface area contributed by atoms with Gasteiger partial charge >= 0.3 is 0 Å². The lowest BCUT2D eigenvalue weighted by molar-refractivity contribution is 0.0949. The molecule has 0 saturated carbocycles. The second-order valence-corrected chi connectivity index (χ2v) is 9.69. The molecule has 0 aliphatic heterocycles. The van der Waals surface area contributed by atoms with Crippen molar-refractivity contribution in [1.82, 2.24) is 15.1 Å². The Kier molecular flexibility index (Phi) is 5.91. The van der Waals surface area contributed by atoms with Gasteiger partial charge in [0.1, 0.15) is 5.69 Å². The van der Waals surface area contributed by atoms with Gasteiger partial charge in [0.25, 0.3) is 5.91 Å². The van der Waals surface area contributed by atoms with Gasteiger partial charge in [-0.2, -0.15) is 5.10 Å². The van der Waals surface area contributed by atoms with E-state index in [1.54, 1.807) is 36.4 Å². The fraction of sp³-hybridized carbons (Fsp3) is 0.474. The minimum Gasteiger partial charge on any atom is -0.350 e. The predicted octanol–water partition coefficient (Wildman–Crippen LogP) is 2.97. The molecule has 142 valence electrons. The van der Waals surface area contributed by atoms with E-state index in [9.17, 15) is 13.2 Å². The molecular formula is C19H27N3O3S. The van der Waals surface area contributed by atoms with E-state index < -0.39 is 9.84 Å². The lowest BCUT2D eigenvalue weighted by atomic mass is 10.1. The fourth-order valence-corrected chi connectivity index (χ4v) is 3.77. The van der Waals surface area contributed by atoms with Gasteiger partial charge in [-0.05, 0) is 44.9 Å². The largest absolute Gasteiger partial charge is 0.350 e. The van der Waals surface area contributed by atoms with Gasteiger partial charge in [0.2, 0.25) is 0 Å². The van der Waals surface area contributed by atoms with Gasteiger partial charge in [0, 0.05) is 12.2 Å². The molecule has 0 spiro atoms. The van der Waals surface area contributed by atoms with Crippen molar-refractivity contribution in [3.63, 3.8) is 0 Å². The first-order valence-corrected chi connectivity index (χ1v) is 10.3. The maximum absolute atomic E-state index is 12.4. The summed E-state index contributed by atoms with van der Waals surface area (Å²) in [6.07, 6.45) is 0. The number of sulfone groups is 1. The van der Waals surface area contributed by atoms with Crippen molar-refractivity contribution in [2.45, 2.75) is 51.0 Å². The van der Waals surface area contributed by atoms with E-state index in [4.69, 9.17) is 0 Å². The summed E-state index contributed by atoms with van der Waals surface area (Å²) in [5, 5.41) is 7.09. The molecule has 0 fully saturated rings. The van der Waals surface area contributed by atoms with Crippen LogP contribution in [-0.4, -0.2) is 36.4 Å².